The molecule has 0 saturated carbocycles. The van der Waals surface area contributed by atoms with Crippen molar-refractivity contribution in [2.24, 2.45) is 11.7 Å². The number of fused-ring (bicyclic) bond motifs is 1. The van der Waals surface area contributed by atoms with Gasteiger partial charge >= 0.3 is 0 Å². The van der Waals surface area contributed by atoms with E-state index in [9.17, 15) is 9.90 Å². The Balaban J connectivity index is 2.30. The van der Waals surface area contributed by atoms with Crippen LogP contribution in [0.4, 0.5) is 0 Å². The zero-order chi connectivity index (χ0) is 14.7. The van der Waals surface area contributed by atoms with Gasteiger partial charge in [0, 0.05) is 12.6 Å². The molecule has 0 spiro atoms. The first-order valence-electron chi connectivity index (χ1n) is 7.31. The number of phenolic OH excluding ortho intramolecular Hbond substituents is 1. The van der Waals surface area contributed by atoms with Gasteiger partial charge in [0.05, 0.1) is 6.54 Å². The average molecular weight is 276 g/mol. The van der Waals surface area contributed by atoms with Crippen molar-refractivity contribution in [3.8, 4) is 5.75 Å². The first-order chi connectivity index (χ1) is 9.47. The SMILES string of the molecule is CC(C)CN(CC(N)=O)C1CCCc2ccc(O)cc21. The van der Waals surface area contributed by atoms with Crippen LogP contribution in [-0.2, 0) is 11.2 Å². The number of amides is 1. The molecule has 4 nitrogen and oxygen atoms in total. The minimum atomic E-state index is -0.294. The molecule has 1 aromatic carbocycles. The van der Waals surface area contributed by atoms with Crippen molar-refractivity contribution in [1.29, 1.82) is 0 Å². The molecule has 0 heterocycles. The number of aromatic hydroxyl groups is 1. The standard InChI is InChI=1S/C16H24N2O2/c1-11(2)9-18(10-16(17)20)15-5-3-4-12-6-7-13(19)8-14(12)15/h6-8,11,15,19H,3-5,9-10H2,1-2H3,(H2,17,20). The van der Waals surface area contributed by atoms with Crippen LogP contribution in [-0.4, -0.2) is 29.0 Å². The maximum atomic E-state index is 11.3. The molecule has 0 saturated heterocycles. The second-order valence-corrected chi connectivity index (χ2v) is 6.08. The van der Waals surface area contributed by atoms with Crippen LogP contribution in [0.3, 0.4) is 0 Å². The van der Waals surface area contributed by atoms with Gasteiger partial charge in [-0.05, 0) is 48.4 Å². The normalized spacial score (nSPS) is 18.3. The lowest BCUT2D eigenvalue weighted by atomic mass is 9.86. The van der Waals surface area contributed by atoms with E-state index in [0.29, 0.717) is 11.7 Å². The Kier molecular flexibility index (Phi) is 4.65. The van der Waals surface area contributed by atoms with Gasteiger partial charge in [0.25, 0.3) is 0 Å². The molecule has 2 rings (SSSR count). The predicted molar refractivity (Wildman–Crippen MR) is 79.4 cm³/mol. The van der Waals surface area contributed by atoms with E-state index < -0.39 is 0 Å². The summed E-state index contributed by atoms with van der Waals surface area (Å²) in [7, 11) is 0. The summed E-state index contributed by atoms with van der Waals surface area (Å²) in [6, 6.07) is 5.75. The van der Waals surface area contributed by atoms with Crippen LogP contribution in [0.25, 0.3) is 0 Å². The maximum absolute atomic E-state index is 11.3. The molecule has 1 aliphatic rings. The minimum Gasteiger partial charge on any atom is -0.508 e. The summed E-state index contributed by atoms with van der Waals surface area (Å²) in [6.45, 7) is 5.39. The number of carbonyl (C=O) groups is 1. The van der Waals surface area contributed by atoms with Crippen LogP contribution in [0, 0.1) is 5.92 Å². The summed E-state index contributed by atoms with van der Waals surface area (Å²) >= 11 is 0. The molecule has 110 valence electrons. The minimum absolute atomic E-state index is 0.181. The van der Waals surface area contributed by atoms with Gasteiger partial charge in [-0.2, -0.15) is 0 Å². The molecule has 1 aromatic rings. The van der Waals surface area contributed by atoms with Crippen LogP contribution < -0.4 is 5.73 Å². The van der Waals surface area contributed by atoms with Crippen molar-refractivity contribution in [3.05, 3.63) is 29.3 Å². The molecule has 1 aliphatic carbocycles. The van der Waals surface area contributed by atoms with Gasteiger partial charge in [0.2, 0.25) is 5.91 Å². The summed E-state index contributed by atoms with van der Waals surface area (Å²) < 4.78 is 0. The molecule has 0 aromatic heterocycles. The smallest absolute Gasteiger partial charge is 0.231 e. The number of benzene rings is 1. The van der Waals surface area contributed by atoms with Gasteiger partial charge in [-0.1, -0.05) is 19.9 Å². The lowest BCUT2D eigenvalue weighted by Crippen LogP contribution is -2.40. The molecule has 1 amide bonds. The number of phenols is 1. The Morgan fingerprint density at radius 1 is 1.50 bits per heavy atom. The quantitative estimate of drug-likeness (QED) is 0.866. The van der Waals surface area contributed by atoms with E-state index in [1.54, 1.807) is 6.07 Å². The first kappa shape index (κ1) is 14.9. The third-order valence-electron chi connectivity index (χ3n) is 3.81. The van der Waals surface area contributed by atoms with Crippen molar-refractivity contribution < 1.29 is 9.90 Å². The van der Waals surface area contributed by atoms with Gasteiger partial charge in [0.1, 0.15) is 5.75 Å². The summed E-state index contributed by atoms with van der Waals surface area (Å²) in [5, 5.41) is 9.74. The number of rotatable bonds is 5. The van der Waals surface area contributed by atoms with Crippen molar-refractivity contribution >= 4 is 5.91 Å². The number of nitrogens with zero attached hydrogens (tertiary/aromatic N) is 1. The summed E-state index contributed by atoms with van der Waals surface area (Å²) in [4.78, 5) is 13.5. The number of primary amides is 1. The molecule has 3 N–H and O–H groups in total. The predicted octanol–water partition coefficient (Wildman–Crippen LogP) is 2.21. The molecule has 0 aliphatic heterocycles. The van der Waals surface area contributed by atoms with Crippen LogP contribution in [0.2, 0.25) is 0 Å². The van der Waals surface area contributed by atoms with E-state index in [2.05, 4.69) is 18.7 Å². The molecule has 0 radical (unpaired) electrons. The van der Waals surface area contributed by atoms with E-state index in [4.69, 9.17) is 5.73 Å². The second-order valence-electron chi connectivity index (χ2n) is 6.08. The molecule has 1 unspecified atom stereocenters. The molecular weight excluding hydrogens is 252 g/mol. The Labute approximate surface area is 120 Å². The Morgan fingerprint density at radius 3 is 2.90 bits per heavy atom. The van der Waals surface area contributed by atoms with Crippen LogP contribution in [0.5, 0.6) is 5.75 Å². The highest BCUT2D eigenvalue weighted by molar-refractivity contribution is 5.76. The molecule has 4 heteroatoms. The van der Waals surface area contributed by atoms with E-state index >= 15 is 0 Å². The van der Waals surface area contributed by atoms with E-state index in [1.807, 2.05) is 12.1 Å². The van der Waals surface area contributed by atoms with E-state index in [0.717, 1.165) is 31.4 Å². The number of aryl methyl sites for hydroxylation is 1. The maximum Gasteiger partial charge on any atom is 0.231 e. The highest BCUT2D eigenvalue weighted by Gasteiger charge is 2.27. The lowest BCUT2D eigenvalue weighted by Gasteiger charge is -2.36. The van der Waals surface area contributed by atoms with Gasteiger partial charge in [0.15, 0.2) is 0 Å². The zero-order valence-electron chi connectivity index (χ0n) is 12.3. The van der Waals surface area contributed by atoms with Gasteiger partial charge in [-0.15, -0.1) is 0 Å². The Bertz CT molecular complexity index is 485. The fraction of sp³-hybridized carbons (Fsp3) is 0.562. The highest BCUT2D eigenvalue weighted by atomic mass is 16.3. The zero-order valence-corrected chi connectivity index (χ0v) is 12.3. The van der Waals surface area contributed by atoms with Crippen molar-refractivity contribution in [3.63, 3.8) is 0 Å². The van der Waals surface area contributed by atoms with Gasteiger partial charge in [-0.25, -0.2) is 0 Å². The number of hydrogen-bond acceptors (Lipinski definition) is 3. The van der Waals surface area contributed by atoms with E-state index in [1.165, 1.54) is 5.56 Å². The van der Waals surface area contributed by atoms with Crippen LogP contribution >= 0.6 is 0 Å². The molecule has 0 bridgehead atoms. The molecular formula is C16H24N2O2. The highest BCUT2D eigenvalue weighted by Crippen LogP contribution is 2.36. The molecule has 1 atom stereocenters. The summed E-state index contributed by atoms with van der Waals surface area (Å²) in [6.07, 6.45) is 3.16. The van der Waals surface area contributed by atoms with Gasteiger partial charge in [-0.3, -0.25) is 9.69 Å². The average Bonchev–Trinajstić information content (AvgIpc) is 2.36. The number of carbonyl (C=O) groups excluding carboxylic acids is 1. The fourth-order valence-corrected chi connectivity index (χ4v) is 3.11. The van der Waals surface area contributed by atoms with Crippen LogP contribution in [0.15, 0.2) is 18.2 Å². The topological polar surface area (TPSA) is 66.6 Å². The largest absolute Gasteiger partial charge is 0.508 e. The molecule has 0 fully saturated rings. The van der Waals surface area contributed by atoms with Crippen molar-refractivity contribution in [1.82, 2.24) is 4.90 Å². The Morgan fingerprint density at radius 2 is 2.25 bits per heavy atom. The van der Waals surface area contributed by atoms with Crippen LogP contribution in [0.1, 0.15) is 43.9 Å². The molecule has 20 heavy (non-hydrogen) atoms. The number of nitrogens with two attached hydrogens (primary N) is 1. The summed E-state index contributed by atoms with van der Waals surface area (Å²) in [5.41, 5.74) is 7.82. The van der Waals surface area contributed by atoms with Gasteiger partial charge < -0.3 is 10.8 Å². The third kappa shape index (κ3) is 3.51. The fourth-order valence-electron chi connectivity index (χ4n) is 3.11. The Hall–Kier alpha value is -1.55. The number of hydrogen-bond donors (Lipinski definition) is 2. The van der Waals surface area contributed by atoms with Crippen molar-refractivity contribution in [2.45, 2.75) is 39.2 Å². The summed E-state index contributed by atoms with van der Waals surface area (Å²) in [5.74, 6) is 0.467. The lowest BCUT2D eigenvalue weighted by molar-refractivity contribution is -0.120. The van der Waals surface area contributed by atoms with Crippen molar-refractivity contribution in [2.75, 3.05) is 13.1 Å². The van der Waals surface area contributed by atoms with E-state index in [-0.39, 0.29) is 18.5 Å². The first-order valence-corrected chi connectivity index (χ1v) is 7.31. The second kappa shape index (κ2) is 6.27. The monoisotopic (exact) mass is 276 g/mol. The third-order valence-corrected chi connectivity index (χ3v) is 3.81.